The third kappa shape index (κ3) is 5.55. The summed E-state index contributed by atoms with van der Waals surface area (Å²) in [6.45, 7) is 2.93. The zero-order valence-corrected chi connectivity index (χ0v) is 8.25. The SMILES string of the molecule is CCNS.N[C@H]1CCSC1=O. The third-order valence-electron chi connectivity index (χ3n) is 1.13. The molecule has 3 nitrogen and oxygen atoms in total. The van der Waals surface area contributed by atoms with Crippen LogP contribution < -0.4 is 10.5 Å². The molecule has 1 aliphatic rings. The standard InChI is InChI=1S/C4H7NOS.C2H7NS/c5-3-1-2-7-4(3)6;1-2-3-4/h3H,1-2,5H2;3-4H,2H2,1H3/t3-;/m0./s1. The van der Waals surface area contributed by atoms with Crippen molar-refractivity contribution < 1.29 is 4.79 Å². The van der Waals surface area contributed by atoms with E-state index < -0.39 is 0 Å². The molecule has 11 heavy (non-hydrogen) atoms. The van der Waals surface area contributed by atoms with Crippen LogP contribution in [0.3, 0.4) is 0 Å². The van der Waals surface area contributed by atoms with Crippen molar-refractivity contribution in [2.24, 2.45) is 5.73 Å². The molecular formula is C6H14N2OS2. The Balaban J connectivity index is 0.000000218. The van der Waals surface area contributed by atoms with Crippen LogP contribution in [0.4, 0.5) is 0 Å². The summed E-state index contributed by atoms with van der Waals surface area (Å²) in [5, 5.41) is 0.153. The maximum absolute atomic E-state index is 10.4. The summed E-state index contributed by atoms with van der Waals surface area (Å²) < 4.78 is 2.62. The van der Waals surface area contributed by atoms with Gasteiger partial charge < -0.3 is 5.73 Å². The van der Waals surface area contributed by atoms with Gasteiger partial charge in [0.05, 0.1) is 6.04 Å². The zero-order chi connectivity index (χ0) is 8.69. The highest BCUT2D eigenvalue weighted by Crippen LogP contribution is 2.16. The predicted octanol–water partition coefficient (Wildman–Crippen LogP) is 0.418. The van der Waals surface area contributed by atoms with Gasteiger partial charge in [0.25, 0.3) is 0 Å². The Morgan fingerprint density at radius 2 is 2.45 bits per heavy atom. The van der Waals surface area contributed by atoms with Crippen molar-refractivity contribution >= 4 is 29.7 Å². The van der Waals surface area contributed by atoms with Crippen LogP contribution in [0.5, 0.6) is 0 Å². The van der Waals surface area contributed by atoms with Crippen molar-refractivity contribution in [2.75, 3.05) is 12.3 Å². The third-order valence-corrected chi connectivity index (χ3v) is 2.48. The van der Waals surface area contributed by atoms with Gasteiger partial charge in [-0.1, -0.05) is 31.5 Å². The summed E-state index contributed by atoms with van der Waals surface area (Å²) in [6, 6.07) is -0.162. The van der Waals surface area contributed by atoms with Crippen molar-refractivity contribution in [3.8, 4) is 0 Å². The second-order valence-corrected chi connectivity index (χ2v) is 3.49. The zero-order valence-electron chi connectivity index (χ0n) is 6.54. The fourth-order valence-corrected chi connectivity index (χ4v) is 1.42. The summed E-state index contributed by atoms with van der Waals surface area (Å²) in [4.78, 5) is 10.4. The average molecular weight is 194 g/mol. The van der Waals surface area contributed by atoms with Crippen LogP contribution in [0.15, 0.2) is 0 Å². The lowest BCUT2D eigenvalue weighted by molar-refractivity contribution is -0.111. The molecule has 1 fully saturated rings. The minimum absolute atomic E-state index is 0.153. The van der Waals surface area contributed by atoms with E-state index >= 15 is 0 Å². The van der Waals surface area contributed by atoms with E-state index in [4.69, 9.17) is 5.73 Å². The average Bonchev–Trinajstić information content (AvgIpc) is 2.37. The predicted molar refractivity (Wildman–Crippen MR) is 52.7 cm³/mol. The van der Waals surface area contributed by atoms with Crippen LogP contribution in [-0.2, 0) is 4.79 Å². The summed E-state index contributed by atoms with van der Waals surface area (Å²) >= 11 is 5.01. The van der Waals surface area contributed by atoms with E-state index in [0.29, 0.717) is 0 Å². The second kappa shape index (κ2) is 6.97. The minimum atomic E-state index is -0.162. The maximum Gasteiger partial charge on any atom is 0.205 e. The van der Waals surface area contributed by atoms with Crippen LogP contribution in [0.1, 0.15) is 13.3 Å². The molecule has 1 saturated heterocycles. The number of thiol groups is 1. The number of rotatable bonds is 1. The fourth-order valence-electron chi connectivity index (χ4n) is 0.511. The van der Waals surface area contributed by atoms with Crippen molar-refractivity contribution in [1.82, 2.24) is 4.72 Å². The summed E-state index contributed by atoms with van der Waals surface area (Å²) in [5.74, 6) is 0.917. The lowest BCUT2D eigenvalue weighted by Gasteiger charge is -1.90. The van der Waals surface area contributed by atoms with E-state index in [1.54, 1.807) is 0 Å². The first kappa shape index (κ1) is 11.3. The molecule has 0 unspecified atom stereocenters. The minimum Gasteiger partial charge on any atom is -0.321 e. The maximum atomic E-state index is 10.4. The van der Waals surface area contributed by atoms with Crippen molar-refractivity contribution in [1.29, 1.82) is 0 Å². The Morgan fingerprint density at radius 3 is 2.55 bits per heavy atom. The Morgan fingerprint density at radius 1 is 1.91 bits per heavy atom. The van der Waals surface area contributed by atoms with Gasteiger partial charge in [0.15, 0.2) is 0 Å². The van der Waals surface area contributed by atoms with Crippen molar-refractivity contribution in [3.63, 3.8) is 0 Å². The number of hydrogen-bond acceptors (Lipinski definition) is 5. The Hall–Kier alpha value is 0.290. The molecule has 0 aromatic carbocycles. The van der Waals surface area contributed by atoms with Crippen LogP contribution in [-0.4, -0.2) is 23.5 Å². The Labute approximate surface area is 77.0 Å². The molecule has 0 radical (unpaired) electrons. The molecule has 0 saturated carbocycles. The van der Waals surface area contributed by atoms with E-state index in [9.17, 15) is 4.79 Å². The van der Waals surface area contributed by atoms with Gasteiger partial charge in [-0.25, -0.2) is 0 Å². The molecule has 0 bridgehead atoms. The summed E-state index contributed by atoms with van der Waals surface area (Å²) in [5.41, 5.74) is 5.31. The molecule has 0 aliphatic carbocycles. The first-order valence-electron chi connectivity index (χ1n) is 3.51. The van der Waals surface area contributed by atoms with Gasteiger partial charge in [0, 0.05) is 12.3 Å². The molecule has 1 heterocycles. The smallest absolute Gasteiger partial charge is 0.205 e. The topological polar surface area (TPSA) is 55.1 Å². The molecule has 66 valence electrons. The highest BCUT2D eigenvalue weighted by molar-refractivity contribution is 8.14. The van der Waals surface area contributed by atoms with Crippen LogP contribution in [0, 0.1) is 0 Å². The first-order valence-corrected chi connectivity index (χ1v) is 4.94. The van der Waals surface area contributed by atoms with Crippen molar-refractivity contribution in [3.05, 3.63) is 0 Å². The van der Waals surface area contributed by atoms with Gasteiger partial charge in [-0.05, 0) is 6.42 Å². The van der Waals surface area contributed by atoms with E-state index in [0.717, 1.165) is 18.7 Å². The van der Waals surface area contributed by atoms with E-state index in [2.05, 4.69) is 17.5 Å². The molecule has 1 aliphatic heterocycles. The van der Waals surface area contributed by atoms with E-state index in [1.165, 1.54) is 11.8 Å². The molecule has 0 spiro atoms. The lowest BCUT2D eigenvalue weighted by atomic mass is 10.3. The first-order chi connectivity index (χ1) is 5.22. The van der Waals surface area contributed by atoms with Gasteiger partial charge in [0.1, 0.15) is 0 Å². The molecule has 1 rings (SSSR count). The number of nitrogens with one attached hydrogen (secondary N) is 1. The van der Waals surface area contributed by atoms with E-state index in [-0.39, 0.29) is 11.2 Å². The highest BCUT2D eigenvalue weighted by Gasteiger charge is 2.19. The molecular weight excluding hydrogens is 180 g/mol. The fraction of sp³-hybridized carbons (Fsp3) is 0.833. The monoisotopic (exact) mass is 194 g/mol. The number of hydrogen-bond donors (Lipinski definition) is 3. The quantitative estimate of drug-likeness (QED) is 0.530. The molecule has 0 aromatic heterocycles. The number of carbonyl (C=O) groups is 1. The van der Waals surface area contributed by atoms with Gasteiger partial charge in [-0.3, -0.25) is 9.52 Å². The van der Waals surface area contributed by atoms with Gasteiger partial charge in [0.2, 0.25) is 5.12 Å². The van der Waals surface area contributed by atoms with Gasteiger partial charge in [-0.15, -0.1) is 0 Å². The summed E-state index contributed by atoms with van der Waals surface area (Å²) in [6.07, 6.45) is 0.865. The molecule has 0 amide bonds. The summed E-state index contributed by atoms with van der Waals surface area (Å²) in [7, 11) is 0. The van der Waals surface area contributed by atoms with Crippen LogP contribution >= 0.6 is 24.6 Å². The molecule has 0 aromatic rings. The lowest BCUT2D eigenvalue weighted by Crippen LogP contribution is -2.22. The molecule has 1 atom stereocenters. The van der Waals surface area contributed by atoms with Crippen molar-refractivity contribution in [2.45, 2.75) is 19.4 Å². The number of thioether (sulfide) groups is 1. The number of carbonyl (C=O) groups excluding carboxylic acids is 1. The number of nitrogens with two attached hydrogens (primary N) is 1. The Kier molecular flexibility index (Phi) is 7.15. The van der Waals surface area contributed by atoms with E-state index in [1.807, 2.05) is 6.92 Å². The Bertz CT molecular complexity index is 119. The molecule has 3 N–H and O–H groups in total. The van der Waals surface area contributed by atoms with Crippen LogP contribution in [0.25, 0.3) is 0 Å². The normalized spacial score (nSPS) is 22.8. The van der Waals surface area contributed by atoms with Crippen LogP contribution in [0.2, 0.25) is 0 Å². The largest absolute Gasteiger partial charge is 0.321 e. The van der Waals surface area contributed by atoms with Gasteiger partial charge >= 0.3 is 0 Å². The highest BCUT2D eigenvalue weighted by atomic mass is 32.2. The van der Waals surface area contributed by atoms with Gasteiger partial charge in [-0.2, -0.15) is 0 Å². The second-order valence-electron chi connectivity index (χ2n) is 2.07. The molecule has 5 heteroatoms.